The first-order valence-electron chi connectivity index (χ1n) is 6.50. The molecule has 2 aromatic carbocycles. The zero-order valence-corrected chi connectivity index (χ0v) is 14.6. The van der Waals surface area contributed by atoms with Crippen LogP contribution in [0.2, 0.25) is 0 Å². The van der Waals surface area contributed by atoms with Gasteiger partial charge in [0, 0.05) is 15.0 Å². The minimum atomic E-state index is -0.335. The van der Waals surface area contributed by atoms with E-state index in [1.165, 1.54) is 6.08 Å². The molecule has 2 rings (SSSR count). The topological polar surface area (TPSA) is 26.3 Å². The average Bonchev–Trinajstić information content (AvgIpc) is 2.47. The van der Waals surface area contributed by atoms with Crippen LogP contribution < -0.4 is 0 Å². The van der Waals surface area contributed by atoms with Gasteiger partial charge >= 0.3 is 5.97 Å². The molecule has 0 amide bonds. The van der Waals surface area contributed by atoms with E-state index in [4.69, 9.17) is 4.74 Å². The lowest BCUT2D eigenvalue weighted by Gasteiger charge is -2.09. The predicted molar refractivity (Wildman–Crippen MR) is 92.0 cm³/mol. The van der Waals surface area contributed by atoms with Crippen molar-refractivity contribution in [3.63, 3.8) is 0 Å². The van der Waals surface area contributed by atoms with Crippen LogP contribution >= 0.6 is 31.9 Å². The van der Waals surface area contributed by atoms with Gasteiger partial charge in [0.05, 0.1) is 6.61 Å². The molecule has 0 heterocycles. The van der Waals surface area contributed by atoms with E-state index < -0.39 is 0 Å². The van der Waals surface area contributed by atoms with Crippen LogP contribution in [0.5, 0.6) is 0 Å². The molecule has 0 aliphatic carbocycles. The molecule has 0 aliphatic heterocycles. The standard InChI is InChI=1S/C17H14Br2O2/c1-2-21-17(20)11-16(12-3-7-14(18)8-4-12)13-5-9-15(19)10-6-13/h3-11H,2H2,1H3. The summed E-state index contributed by atoms with van der Waals surface area (Å²) in [5.74, 6) is -0.335. The first kappa shape index (κ1) is 16.0. The van der Waals surface area contributed by atoms with Crippen LogP contribution in [0, 0.1) is 0 Å². The van der Waals surface area contributed by atoms with Gasteiger partial charge in [-0.2, -0.15) is 0 Å². The molecule has 0 saturated heterocycles. The summed E-state index contributed by atoms with van der Waals surface area (Å²) in [5.41, 5.74) is 2.77. The number of rotatable bonds is 4. The lowest BCUT2D eigenvalue weighted by atomic mass is 9.98. The summed E-state index contributed by atoms with van der Waals surface area (Å²) in [6, 6.07) is 15.7. The number of halogens is 2. The molecule has 108 valence electrons. The van der Waals surface area contributed by atoms with Gasteiger partial charge in [0.2, 0.25) is 0 Å². The highest BCUT2D eigenvalue weighted by Crippen LogP contribution is 2.26. The fraction of sp³-hybridized carbons (Fsp3) is 0.118. The van der Waals surface area contributed by atoms with E-state index in [9.17, 15) is 4.79 Å². The van der Waals surface area contributed by atoms with Crippen LogP contribution in [0.1, 0.15) is 18.1 Å². The molecule has 0 saturated carbocycles. The molecule has 0 unspecified atom stereocenters. The molecule has 0 aliphatic rings. The molecular weight excluding hydrogens is 396 g/mol. The maximum Gasteiger partial charge on any atom is 0.331 e. The molecule has 0 radical (unpaired) electrons. The molecule has 4 heteroatoms. The monoisotopic (exact) mass is 408 g/mol. The third-order valence-electron chi connectivity index (χ3n) is 2.86. The average molecular weight is 410 g/mol. The molecule has 0 N–H and O–H groups in total. The lowest BCUT2D eigenvalue weighted by Crippen LogP contribution is -2.01. The SMILES string of the molecule is CCOC(=O)C=C(c1ccc(Br)cc1)c1ccc(Br)cc1. The maximum absolute atomic E-state index is 11.8. The number of carbonyl (C=O) groups is 1. The van der Waals surface area contributed by atoms with Crippen LogP contribution in [0.3, 0.4) is 0 Å². The van der Waals surface area contributed by atoms with Gasteiger partial charge in [-0.1, -0.05) is 56.1 Å². The van der Waals surface area contributed by atoms with Crippen LogP contribution in [0.4, 0.5) is 0 Å². The molecular formula is C17H14Br2O2. The smallest absolute Gasteiger partial charge is 0.331 e. The summed E-state index contributed by atoms with van der Waals surface area (Å²) >= 11 is 6.84. The highest BCUT2D eigenvalue weighted by Gasteiger charge is 2.08. The van der Waals surface area contributed by atoms with Crippen molar-refractivity contribution in [2.24, 2.45) is 0 Å². The number of benzene rings is 2. The highest BCUT2D eigenvalue weighted by molar-refractivity contribution is 9.10. The Hall–Kier alpha value is -1.39. The molecule has 21 heavy (non-hydrogen) atoms. The van der Waals surface area contributed by atoms with Crippen molar-refractivity contribution in [3.05, 3.63) is 74.7 Å². The van der Waals surface area contributed by atoms with Gasteiger partial charge < -0.3 is 4.74 Å². The third kappa shape index (κ3) is 4.55. The summed E-state index contributed by atoms with van der Waals surface area (Å²) in [4.78, 5) is 11.8. The fourth-order valence-corrected chi connectivity index (χ4v) is 2.42. The number of esters is 1. The second kappa shape index (κ2) is 7.57. The Morgan fingerprint density at radius 2 is 1.38 bits per heavy atom. The molecule has 0 bridgehead atoms. The summed E-state index contributed by atoms with van der Waals surface area (Å²) < 4.78 is 7.02. The Kier molecular flexibility index (Phi) is 5.76. The predicted octanol–water partition coefficient (Wildman–Crippen LogP) is 5.21. The quantitative estimate of drug-likeness (QED) is 0.512. The Labute approximate surface area is 141 Å². The summed E-state index contributed by atoms with van der Waals surface area (Å²) in [6.45, 7) is 2.16. The molecule has 0 atom stereocenters. The summed E-state index contributed by atoms with van der Waals surface area (Å²) in [5, 5.41) is 0. The first-order valence-corrected chi connectivity index (χ1v) is 8.09. The number of hydrogen-bond acceptors (Lipinski definition) is 2. The van der Waals surface area contributed by atoms with Crippen LogP contribution in [0.25, 0.3) is 5.57 Å². The van der Waals surface area contributed by atoms with Gasteiger partial charge in [-0.15, -0.1) is 0 Å². The van der Waals surface area contributed by atoms with Crippen molar-refractivity contribution in [1.29, 1.82) is 0 Å². The van der Waals surface area contributed by atoms with E-state index in [0.717, 1.165) is 25.6 Å². The van der Waals surface area contributed by atoms with Gasteiger partial charge in [-0.25, -0.2) is 4.79 Å². The van der Waals surface area contributed by atoms with Crippen molar-refractivity contribution in [3.8, 4) is 0 Å². The lowest BCUT2D eigenvalue weighted by molar-refractivity contribution is -0.137. The van der Waals surface area contributed by atoms with Crippen LogP contribution in [0.15, 0.2) is 63.6 Å². The number of hydrogen-bond donors (Lipinski definition) is 0. The zero-order chi connectivity index (χ0) is 15.2. The summed E-state index contributed by atoms with van der Waals surface area (Å²) in [7, 11) is 0. The normalized spacial score (nSPS) is 10.0. The zero-order valence-electron chi connectivity index (χ0n) is 11.5. The fourth-order valence-electron chi connectivity index (χ4n) is 1.89. The van der Waals surface area contributed by atoms with Gasteiger partial charge in [-0.3, -0.25) is 0 Å². The van der Waals surface area contributed by atoms with Crippen molar-refractivity contribution in [1.82, 2.24) is 0 Å². The van der Waals surface area contributed by atoms with Gasteiger partial charge in [-0.05, 0) is 47.9 Å². The number of ether oxygens (including phenoxy) is 1. The third-order valence-corrected chi connectivity index (χ3v) is 3.92. The van der Waals surface area contributed by atoms with E-state index in [1.54, 1.807) is 6.92 Å². The van der Waals surface area contributed by atoms with E-state index in [0.29, 0.717) is 6.61 Å². The second-order valence-corrected chi connectivity index (χ2v) is 6.16. The molecule has 0 fully saturated rings. The molecule has 2 nitrogen and oxygen atoms in total. The Morgan fingerprint density at radius 1 is 0.952 bits per heavy atom. The number of carbonyl (C=O) groups excluding carboxylic acids is 1. The Balaban J connectivity index is 2.46. The first-order chi connectivity index (χ1) is 10.1. The van der Waals surface area contributed by atoms with E-state index in [2.05, 4.69) is 31.9 Å². The molecule has 0 aromatic heterocycles. The van der Waals surface area contributed by atoms with Gasteiger partial charge in [0.25, 0.3) is 0 Å². The van der Waals surface area contributed by atoms with Crippen molar-refractivity contribution in [2.45, 2.75) is 6.92 Å². The second-order valence-electron chi connectivity index (χ2n) is 4.32. The van der Waals surface area contributed by atoms with Gasteiger partial charge in [0.1, 0.15) is 0 Å². The van der Waals surface area contributed by atoms with Crippen molar-refractivity contribution < 1.29 is 9.53 Å². The van der Waals surface area contributed by atoms with Gasteiger partial charge in [0.15, 0.2) is 0 Å². The summed E-state index contributed by atoms with van der Waals surface area (Å²) in [6.07, 6.45) is 1.54. The van der Waals surface area contributed by atoms with Crippen LogP contribution in [-0.4, -0.2) is 12.6 Å². The highest BCUT2D eigenvalue weighted by atomic mass is 79.9. The largest absolute Gasteiger partial charge is 0.463 e. The minimum absolute atomic E-state index is 0.335. The van der Waals surface area contributed by atoms with Crippen molar-refractivity contribution >= 4 is 43.4 Å². The van der Waals surface area contributed by atoms with E-state index in [-0.39, 0.29) is 5.97 Å². The molecule has 2 aromatic rings. The van der Waals surface area contributed by atoms with E-state index >= 15 is 0 Å². The van der Waals surface area contributed by atoms with Crippen molar-refractivity contribution in [2.75, 3.05) is 6.61 Å². The Morgan fingerprint density at radius 3 is 1.76 bits per heavy atom. The van der Waals surface area contributed by atoms with Crippen LogP contribution in [-0.2, 0) is 9.53 Å². The molecule has 0 spiro atoms. The maximum atomic E-state index is 11.8. The minimum Gasteiger partial charge on any atom is -0.463 e. The Bertz CT molecular complexity index is 596. The van der Waals surface area contributed by atoms with E-state index in [1.807, 2.05) is 48.5 Å².